The van der Waals surface area contributed by atoms with E-state index in [4.69, 9.17) is 0 Å². The summed E-state index contributed by atoms with van der Waals surface area (Å²) in [6, 6.07) is 0. The van der Waals surface area contributed by atoms with Crippen LogP contribution in [0.1, 0.15) is 0 Å². The predicted molar refractivity (Wildman–Crippen MR) is 10.0 cm³/mol. The van der Waals surface area contributed by atoms with Gasteiger partial charge >= 0.3 is 21.1 Å². The Hall–Kier alpha value is 1.19. The monoisotopic (exact) mass is 299 g/mol. The van der Waals surface area contributed by atoms with E-state index in [1.165, 1.54) is 0 Å². The molecule has 0 rings (SSSR count). The third-order valence-corrected chi connectivity index (χ3v) is 0. The maximum Gasteiger partial charge on any atom is 4.00 e. The van der Waals surface area contributed by atoms with Crippen molar-refractivity contribution in [1.29, 1.82) is 0 Å². The zero-order valence-electron chi connectivity index (χ0n) is 2.49. The minimum atomic E-state index is 0. The molecule has 0 saturated heterocycles. The van der Waals surface area contributed by atoms with Crippen LogP contribution >= 0.6 is 0 Å². The van der Waals surface area contributed by atoms with Crippen molar-refractivity contribution in [3.8, 4) is 0 Å². The summed E-state index contributed by atoms with van der Waals surface area (Å²) >= 11 is 0. The average molecular weight is 300 g/mol. The van der Waals surface area contributed by atoms with Crippen molar-refractivity contribution >= 4 is 0 Å². The standard InChI is InChI=1S/2ClH.2H3N.Pt/h2*1H;2*1H3;/q;;;;+4/p-2. The van der Waals surface area contributed by atoms with Crippen LogP contribution in [-0.4, -0.2) is 0 Å². The fraction of sp³-hybridized carbons (Fsp3) is 0. The van der Waals surface area contributed by atoms with Gasteiger partial charge in [0.25, 0.3) is 0 Å². The second-order valence-corrected chi connectivity index (χ2v) is 0. The molecular weight excluding hydrogens is 294 g/mol. The molecule has 0 unspecified atom stereocenters. The Balaban J connectivity index is 0. The van der Waals surface area contributed by atoms with E-state index in [1.807, 2.05) is 0 Å². The van der Waals surface area contributed by atoms with Crippen molar-refractivity contribution in [2.45, 2.75) is 0 Å². The van der Waals surface area contributed by atoms with Crippen LogP contribution in [0.4, 0.5) is 0 Å². The molecule has 0 aliphatic rings. The predicted octanol–water partition coefficient (Wildman–Crippen LogP) is -5.67. The minimum absolute atomic E-state index is 0. The van der Waals surface area contributed by atoms with Crippen molar-refractivity contribution in [2.75, 3.05) is 0 Å². The summed E-state index contributed by atoms with van der Waals surface area (Å²) in [5.41, 5.74) is 0. The maximum atomic E-state index is 0. The Morgan fingerprint density at radius 3 is 0.600 bits per heavy atom. The van der Waals surface area contributed by atoms with Crippen molar-refractivity contribution in [3.05, 3.63) is 0 Å². The molecule has 0 radical (unpaired) electrons. The van der Waals surface area contributed by atoms with Gasteiger partial charge < -0.3 is 37.1 Å². The summed E-state index contributed by atoms with van der Waals surface area (Å²) in [4.78, 5) is 0. The van der Waals surface area contributed by atoms with E-state index in [1.54, 1.807) is 0 Å². The van der Waals surface area contributed by atoms with Crippen LogP contribution in [-0.2, 0) is 21.1 Å². The molecule has 0 aromatic carbocycles. The van der Waals surface area contributed by atoms with Crippen LogP contribution in [0.5, 0.6) is 0 Å². The molecule has 0 saturated carbocycles. The fourth-order valence-electron chi connectivity index (χ4n) is 0. The zero-order chi connectivity index (χ0) is 0. The van der Waals surface area contributed by atoms with E-state index in [0.29, 0.717) is 0 Å². The molecule has 0 fully saturated rings. The van der Waals surface area contributed by atoms with Crippen LogP contribution in [0.25, 0.3) is 0 Å². The Kier molecular flexibility index (Phi) is 1520. The molecular formula is H6Cl2N2Pt+2. The van der Waals surface area contributed by atoms with Crippen molar-refractivity contribution in [2.24, 2.45) is 0 Å². The largest absolute Gasteiger partial charge is 4.00 e. The van der Waals surface area contributed by atoms with E-state index < -0.39 is 0 Å². The first kappa shape index (κ1) is 118. The summed E-state index contributed by atoms with van der Waals surface area (Å²) in [6.45, 7) is 0. The van der Waals surface area contributed by atoms with Gasteiger partial charge in [-0.15, -0.1) is 0 Å². The number of rotatable bonds is 0. The molecule has 5 heteroatoms. The Bertz CT molecular complexity index is 7.61. The van der Waals surface area contributed by atoms with Crippen LogP contribution in [0.15, 0.2) is 0 Å². The molecule has 5 heavy (non-hydrogen) atoms. The second-order valence-electron chi connectivity index (χ2n) is 0. The van der Waals surface area contributed by atoms with Gasteiger partial charge in [0.1, 0.15) is 0 Å². The summed E-state index contributed by atoms with van der Waals surface area (Å²) in [7, 11) is 0. The van der Waals surface area contributed by atoms with Crippen LogP contribution in [0, 0.1) is 0 Å². The van der Waals surface area contributed by atoms with Crippen molar-refractivity contribution in [1.82, 2.24) is 12.3 Å². The normalized spacial score (nSPS) is 0. The van der Waals surface area contributed by atoms with Gasteiger partial charge in [-0.2, -0.15) is 0 Å². The molecule has 0 bridgehead atoms. The first-order valence-electron chi connectivity index (χ1n) is 0. The maximum absolute atomic E-state index is 0. The van der Waals surface area contributed by atoms with Crippen molar-refractivity contribution < 1.29 is 45.9 Å². The molecule has 0 amide bonds. The molecule has 0 aromatic heterocycles. The smallest absolute Gasteiger partial charge is 1.00 e. The molecule has 6 N–H and O–H groups in total. The molecule has 0 aliphatic carbocycles. The molecule has 2 nitrogen and oxygen atoms in total. The third-order valence-electron chi connectivity index (χ3n) is 0. The first-order chi connectivity index (χ1) is 0. The number of hydrogen-bond acceptors (Lipinski definition) is 2. The summed E-state index contributed by atoms with van der Waals surface area (Å²) in [6.07, 6.45) is 0. The van der Waals surface area contributed by atoms with Crippen molar-refractivity contribution in [3.63, 3.8) is 0 Å². The van der Waals surface area contributed by atoms with Crippen LogP contribution in [0.3, 0.4) is 0 Å². The van der Waals surface area contributed by atoms with Crippen LogP contribution < -0.4 is 37.1 Å². The molecule has 0 heterocycles. The van der Waals surface area contributed by atoms with E-state index in [2.05, 4.69) is 0 Å². The Morgan fingerprint density at radius 1 is 0.600 bits per heavy atom. The SMILES string of the molecule is N.N.[Cl-].[Cl-].[Pt+4]. The van der Waals surface area contributed by atoms with Gasteiger partial charge in [-0.05, 0) is 0 Å². The summed E-state index contributed by atoms with van der Waals surface area (Å²) in [5.74, 6) is 0. The quantitative estimate of drug-likeness (QED) is 0.468. The van der Waals surface area contributed by atoms with Gasteiger partial charge in [0.05, 0.1) is 0 Å². The molecule has 38 valence electrons. The second kappa shape index (κ2) is 64.5. The zero-order valence-corrected chi connectivity index (χ0v) is 6.27. The van der Waals surface area contributed by atoms with E-state index in [-0.39, 0.29) is 58.2 Å². The number of halogens is 2. The molecule has 0 atom stereocenters. The third kappa shape index (κ3) is 37.3. The minimum Gasteiger partial charge on any atom is -1.00 e. The molecule has 0 aromatic rings. The van der Waals surface area contributed by atoms with E-state index in [9.17, 15) is 0 Å². The fourth-order valence-corrected chi connectivity index (χ4v) is 0. The van der Waals surface area contributed by atoms with Gasteiger partial charge in [-0.1, -0.05) is 0 Å². The van der Waals surface area contributed by atoms with Gasteiger partial charge in [0.15, 0.2) is 0 Å². The average Bonchev–Trinajstić information content (AvgIpc) is 0. The van der Waals surface area contributed by atoms with Gasteiger partial charge in [0, 0.05) is 0 Å². The number of hydrogen-bond donors (Lipinski definition) is 2. The van der Waals surface area contributed by atoms with Gasteiger partial charge in [0.2, 0.25) is 0 Å². The van der Waals surface area contributed by atoms with Crippen LogP contribution in [0.2, 0.25) is 0 Å². The summed E-state index contributed by atoms with van der Waals surface area (Å²) in [5, 5.41) is 0. The summed E-state index contributed by atoms with van der Waals surface area (Å²) < 4.78 is 0. The van der Waals surface area contributed by atoms with E-state index in [0.717, 1.165) is 0 Å². The van der Waals surface area contributed by atoms with Gasteiger partial charge in [-0.25, -0.2) is 0 Å². The topological polar surface area (TPSA) is 70.0 Å². The molecule has 0 spiro atoms. The first-order valence-corrected chi connectivity index (χ1v) is 0. The Morgan fingerprint density at radius 2 is 0.600 bits per heavy atom. The van der Waals surface area contributed by atoms with E-state index >= 15 is 0 Å². The van der Waals surface area contributed by atoms with Gasteiger partial charge in [-0.3, -0.25) is 0 Å². The molecule has 0 aliphatic heterocycles. The Labute approximate surface area is 58.3 Å².